The van der Waals surface area contributed by atoms with E-state index in [-0.39, 0.29) is 35.9 Å². The quantitative estimate of drug-likeness (QED) is 0.726. The molecule has 2 aromatic rings. The van der Waals surface area contributed by atoms with Crippen molar-refractivity contribution in [1.82, 2.24) is 9.21 Å². The van der Waals surface area contributed by atoms with E-state index in [2.05, 4.69) is 0 Å². The van der Waals surface area contributed by atoms with Crippen molar-refractivity contribution in [1.29, 1.82) is 0 Å². The van der Waals surface area contributed by atoms with Crippen LogP contribution in [0.15, 0.2) is 59.5 Å². The summed E-state index contributed by atoms with van der Waals surface area (Å²) in [4.78, 5) is 15.1. The second kappa shape index (κ2) is 8.55. The van der Waals surface area contributed by atoms with E-state index < -0.39 is 15.9 Å². The second-order valence-corrected chi connectivity index (χ2v) is 9.61. The molecule has 1 heterocycles. The zero-order valence-corrected chi connectivity index (χ0v) is 18.1. The van der Waals surface area contributed by atoms with Crippen LogP contribution in [0.4, 0.5) is 0 Å². The fraction of sp³-hybridized carbons (Fsp3) is 0.409. The van der Waals surface area contributed by atoms with Gasteiger partial charge in [0.2, 0.25) is 15.9 Å². The van der Waals surface area contributed by atoms with Gasteiger partial charge < -0.3 is 9.64 Å². The molecular formula is C22H28N2O4S. The van der Waals surface area contributed by atoms with Crippen molar-refractivity contribution < 1.29 is 17.9 Å². The Hall–Kier alpha value is -2.38. The van der Waals surface area contributed by atoms with Gasteiger partial charge in [-0.15, -0.1) is 0 Å². The Morgan fingerprint density at radius 2 is 1.79 bits per heavy atom. The number of carbonyl (C=O) groups is 1. The number of sulfonamides is 1. The van der Waals surface area contributed by atoms with Crippen LogP contribution in [0.1, 0.15) is 25.3 Å². The first-order chi connectivity index (χ1) is 13.8. The highest BCUT2D eigenvalue weighted by atomic mass is 32.2. The molecule has 1 fully saturated rings. The second-order valence-electron chi connectivity index (χ2n) is 7.67. The monoisotopic (exact) mass is 416 g/mol. The molecule has 0 radical (unpaired) electrons. The Kier molecular flexibility index (Phi) is 6.29. The van der Waals surface area contributed by atoms with E-state index in [1.54, 1.807) is 49.4 Å². The Morgan fingerprint density at radius 3 is 2.41 bits per heavy atom. The van der Waals surface area contributed by atoms with E-state index in [9.17, 15) is 13.2 Å². The first kappa shape index (κ1) is 21.3. The van der Waals surface area contributed by atoms with Crippen molar-refractivity contribution in [2.45, 2.75) is 30.7 Å². The number of rotatable bonds is 6. The summed E-state index contributed by atoms with van der Waals surface area (Å²) in [6, 6.07) is 15.9. The Bertz CT molecular complexity index is 960. The minimum absolute atomic E-state index is 0.0354. The van der Waals surface area contributed by atoms with Gasteiger partial charge in [-0.05, 0) is 43.7 Å². The molecule has 0 aliphatic carbocycles. The normalized spacial score (nSPS) is 20.0. The highest BCUT2D eigenvalue weighted by molar-refractivity contribution is 7.89. The topological polar surface area (TPSA) is 66.9 Å². The smallest absolute Gasteiger partial charge is 0.243 e. The molecule has 0 bridgehead atoms. The Labute approximate surface area is 173 Å². The summed E-state index contributed by atoms with van der Waals surface area (Å²) in [5.41, 5.74) is 0.908. The highest BCUT2D eigenvalue weighted by Crippen LogP contribution is 2.38. The minimum atomic E-state index is -3.68. The number of nitrogens with zero attached hydrogens (tertiary/aromatic N) is 2. The summed E-state index contributed by atoms with van der Waals surface area (Å²) in [7, 11) is -0.316. The number of ether oxygens (including phenoxy) is 1. The van der Waals surface area contributed by atoms with Crippen LogP contribution in [0.25, 0.3) is 0 Å². The zero-order chi connectivity index (χ0) is 21.2. The molecule has 0 unspecified atom stereocenters. The van der Waals surface area contributed by atoms with E-state index in [1.807, 2.05) is 38.1 Å². The van der Waals surface area contributed by atoms with Crippen LogP contribution in [0.2, 0.25) is 0 Å². The third kappa shape index (κ3) is 4.31. The molecule has 2 aromatic carbocycles. The van der Waals surface area contributed by atoms with Gasteiger partial charge in [-0.25, -0.2) is 8.42 Å². The van der Waals surface area contributed by atoms with Crippen molar-refractivity contribution in [2.75, 3.05) is 27.2 Å². The highest BCUT2D eigenvalue weighted by Gasteiger charge is 2.44. The van der Waals surface area contributed by atoms with E-state index in [0.717, 1.165) is 5.56 Å². The molecule has 1 aliphatic rings. The summed E-state index contributed by atoms with van der Waals surface area (Å²) in [5, 5.41) is 0. The van der Waals surface area contributed by atoms with Crippen LogP contribution in [0, 0.1) is 5.92 Å². The van der Waals surface area contributed by atoms with Gasteiger partial charge >= 0.3 is 0 Å². The van der Waals surface area contributed by atoms with Crippen LogP contribution in [-0.2, 0) is 14.8 Å². The average Bonchev–Trinajstić information content (AvgIpc) is 3.19. The Morgan fingerprint density at radius 1 is 1.10 bits per heavy atom. The minimum Gasteiger partial charge on any atom is -0.497 e. The lowest BCUT2D eigenvalue weighted by Gasteiger charge is -2.27. The zero-order valence-electron chi connectivity index (χ0n) is 17.3. The summed E-state index contributed by atoms with van der Waals surface area (Å²) in [6.07, 6.45) is 0. The number of hydrogen-bond acceptors (Lipinski definition) is 4. The fourth-order valence-corrected chi connectivity index (χ4v) is 5.19. The van der Waals surface area contributed by atoms with Crippen LogP contribution in [0.3, 0.4) is 0 Å². The lowest BCUT2D eigenvalue weighted by Crippen LogP contribution is -2.40. The number of hydrogen-bond donors (Lipinski definition) is 0. The van der Waals surface area contributed by atoms with Gasteiger partial charge in [-0.2, -0.15) is 4.31 Å². The molecule has 6 nitrogen and oxygen atoms in total. The van der Waals surface area contributed by atoms with Crippen molar-refractivity contribution in [3.8, 4) is 5.75 Å². The van der Waals surface area contributed by atoms with Crippen LogP contribution < -0.4 is 4.74 Å². The molecule has 3 rings (SSSR count). The van der Waals surface area contributed by atoms with Gasteiger partial charge in [0.1, 0.15) is 5.75 Å². The molecule has 1 aliphatic heterocycles. The molecule has 0 N–H and O–H groups in total. The lowest BCUT2D eigenvalue weighted by atomic mass is 9.87. The van der Waals surface area contributed by atoms with E-state index in [4.69, 9.17) is 4.74 Å². The summed E-state index contributed by atoms with van der Waals surface area (Å²) >= 11 is 0. The number of amides is 1. The van der Waals surface area contributed by atoms with E-state index >= 15 is 0 Å². The maximum absolute atomic E-state index is 13.2. The third-order valence-corrected chi connectivity index (χ3v) is 7.47. The molecule has 29 heavy (non-hydrogen) atoms. The standard InChI is InChI=1S/C22H28N2O4S/c1-16(2)23(3)22(25)21-15-24(29(26,27)19-11-6-5-7-12-19)14-20(21)17-9-8-10-18(13-17)28-4/h5-13,16,20-21H,14-15H2,1-4H3/t20-,21+/m0/s1. The lowest BCUT2D eigenvalue weighted by molar-refractivity contribution is -0.135. The molecule has 2 atom stereocenters. The molecule has 0 aromatic heterocycles. The molecule has 7 heteroatoms. The largest absolute Gasteiger partial charge is 0.497 e. The first-order valence-corrected chi connectivity index (χ1v) is 11.2. The van der Waals surface area contributed by atoms with Crippen molar-refractivity contribution in [3.05, 3.63) is 60.2 Å². The molecule has 1 amide bonds. The SMILES string of the molecule is COc1cccc([C@@H]2CN(S(=O)(=O)c3ccccc3)C[C@H]2C(=O)N(C)C(C)C)c1. The van der Waals surface area contributed by atoms with Crippen molar-refractivity contribution in [3.63, 3.8) is 0 Å². The van der Waals surface area contributed by atoms with E-state index in [1.165, 1.54) is 4.31 Å². The molecular weight excluding hydrogens is 388 g/mol. The maximum atomic E-state index is 13.2. The maximum Gasteiger partial charge on any atom is 0.243 e. The predicted octanol–water partition coefficient (Wildman–Crippen LogP) is 2.97. The average molecular weight is 417 g/mol. The van der Waals surface area contributed by atoms with E-state index in [0.29, 0.717) is 5.75 Å². The molecule has 1 saturated heterocycles. The number of benzene rings is 2. The summed E-state index contributed by atoms with van der Waals surface area (Å²) in [5.74, 6) is -0.0425. The fourth-order valence-electron chi connectivity index (χ4n) is 3.68. The van der Waals surface area contributed by atoms with Crippen molar-refractivity contribution in [2.24, 2.45) is 5.92 Å². The van der Waals surface area contributed by atoms with Gasteiger partial charge in [0.15, 0.2) is 0 Å². The van der Waals surface area contributed by atoms with Crippen molar-refractivity contribution >= 4 is 15.9 Å². The summed E-state index contributed by atoms with van der Waals surface area (Å²) < 4.78 is 33.1. The molecule has 0 saturated carbocycles. The molecule has 156 valence electrons. The third-order valence-electron chi connectivity index (χ3n) is 5.63. The number of carbonyl (C=O) groups excluding carboxylic acids is 1. The number of methoxy groups -OCH3 is 1. The Balaban J connectivity index is 1.99. The van der Waals surface area contributed by atoms with Crippen LogP contribution in [0.5, 0.6) is 5.75 Å². The van der Waals surface area contributed by atoms with Gasteiger partial charge in [-0.1, -0.05) is 30.3 Å². The molecule has 0 spiro atoms. The van der Waals surface area contributed by atoms with Gasteiger partial charge in [0.05, 0.1) is 17.9 Å². The predicted molar refractivity (Wildman–Crippen MR) is 112 cm³/mol. The first-order valence-electron chi connectivity index (χ1n) is 9.71. The summed E-state index contributed by atoms with van der Waals surface area (Å²) in [6.45, 7) is 4.32. The van der Waals surface area contributed by atoms with Gasteiger partial charge in [-0.3, -0.25) is 4.79 Å². The van der Waals surface area contributed by atoms with Gasteiger partial charge in [0.25, 0.3) is 0 Å². The van der Waals surface area contributed by atoms with Crippen LogP contribution in [-0.4, -0.2) is 56.8 Å². The van der Waals surface area contributed by atoms with Gasteiger partial charge in [0, 0.05) is 32.1 Å². The van der Waals surface area contributed by atoms with Crippen LogP contribution >= 0.6 is 0 Å².